The normalized spacial score (nSPS) is 10.7. The molecular formula is C6H9BrN2. The van der Waals surface area contributed by atoms with Crippen molar-refractivity contribution < 1.29 is 0 Å². The molecule has 2 nitrogen and oxygen atoms in total. The lowest BCUT2D eigenvalue weighted by Crippen LogP contribution is -1.88. The molecule has 50 valence electrons. The molecule has 0 bridgehead atoms. The van der Waals surface area contributed by atoms with Gasteiger partial charge in [0.2, 0.25) is 0 Å². The van der Waals surface area contributed by atoms with Crippen LogP contribution in [-0.2, 0) is 0 Å². The Bertz CT molecular complexity index is 193. The second kappa shape index (κ2) is 2.52. The molecule has 1 heterocycles. The molecule has 0 unspecified atom stereocenters. The number of nitrogens with one attached hydrogen (secondary N) is 1. The van der Waals surface area contributed by atoms with Gasteiger partial charge in [-0.15, -0.1) is 0 Å². The van der Waals surface area contributed by atoms with E-state index >= 15 is 0 Å². The summed E-state index contributed by atoms with van der Waals surface area (Å²) in [6.45, 7) is 4.20. The summed E-state index contributed by atoms with van der Waals surface area (Å²) in [6, 6.07) is 0. The fourth-order valence-corrected chi connectivity index (χ4v) is 0.912. The molecule has 0 aliphatic carbocycles. The van der Waals surface area contributed by atoms with Crippen LogP contribution in [0.5, 0.6) is 0 Å². The van der Waals surface area contributed by atoms with Crippen LogP contribution in [0.2, 0.25) is 0 Å². The maximum atomic E-state index is 4.11. The number of nitrogens with zero attached hydrogens (tertiary/aromatic N) is 1. The van der Waals surface area contributed by atoms with Gasteiger partial charge in [-0.25, -0.2) is 4.98 Å². The number of rotatable bonds is 1. The minimum absolute atomic E-state index is 0.483. The van der Waals surface area contributed by atoms with Crippen LogP contribution < -0.4 is 0 Å². The highest BCUT2D eigenvalue weighted by Crippen LogP contribution is 2.12. The van der Waals surface area contributed by atoms with Gasteiger partial charge in [0.1, 0.15) is 10.4 Å². The van der Waals surface area contributed by atoms with Gasteiger partial charge in [0.15, 0.2) is 0 Å². The molecule has 0 saturated carbocycles. The predicted octanol–water partition coefficient (Wildman–Crippen LogP) is 2.30. The van der Waals surface area contributed by atoms with Crippen molar-refractivity contribution in [2.75, 3.05) is 0 Å². The van der Waals surface area contributed by atoms with Gasteiger partial charge in [0, 0.05) is 5.92 Å². The highest BCUT2D eigenvalue weighted by Gasteiger charge is 2.00. The summed E-state index contributed by atoms with van der Waals surface area (Å²) < 4.78 is 0.950. The summed E-state index contributed by atoms with van der Waals surface area (Å²) in [5.74, 6) is 1.51. The smallest absolute Gasteiger partial charge is 0.109 e. The highest BCUT2D eigenvalue weighted by molar-refractivity contribution is 9.10. The second-order valence-corrected chi connectivity index (χ2v) is 3.13. The molecule has 1 N–H and O–H groups in total. The molecule has 0 spiro atoms. The van der Waals surface area contributed by atoms with Gasteiger partial charge in [-0.3, -0.25) is 0 Å². The third-order valence-corrected chi connectivity index (χ3v) is 1.51. The van der Waals surface area contributed by atoms with Crippen molar-refractivity contribution in [1.29, 1.82) is 0 Å². The first kappa shape index (κ1) is 6.81. The first-order chi connectivity index (χ1) is 4.20. The lowest BCUT2D eigenvalue weighted by molar-refractivity contribution is 0.793. The molecule has 0 saturated heterocycles. The average Bonchev–Trinajstić information content (AvgIpc) is 2.14. The third kappa shape index (κ3) is 1.55. The largest absolute Gasteiger partial charge is 0.337 e. The molecule has 1 aromatic rings. The summed E-state index contributed by atoms with van der Waals surface area (Å²) >= 11 is 3.28. The van der Waals surface area contributed by atoms with Gasteiger partial charge in [0.05, 0.1) is 6.20 Å². The van der Waals surface area contributed by atoms with Gasteiger partial charge < -0.3 is 4.98 Å². The quantitative estimate of drug-likeness (QED) is 0.721. The van der Waals surface area contributed by atoms with E-state index in [2.05, 4.69) is 39.7 Å². The maximum Gasteiger partial charge on any atom is 0.109 e. The number of hydrogen-bond donors (Lipinski definition) is 1. The van der Waals surface area contributed by atoms with Crippen LogP contribution in [0.15, 0.2) is 10.8 Å². The van der Waals surface area contributed by atoms with Crippen molar-refractivity contribution >= 4 is 15.9 Å². The molecule has 0 aromatic carbocycles. The molecule has 0 aliphatic rings. The summed E-state index contributed by atoms with van der Waals surface area (Å²) in [7, 11) is 0. The Morgan fingerprint density at radius 3 is 2.56 bits per heavy atom. The van der Waals surface area contributed by atoms with Crippen molar-refractivity contribution in [3.63, 3.8) is 0 Å². The van der Waals surface area contributed by atoms with E-state index < -0.39 is 0 Å². The minimum Gasteiger partial charge on any atom is -0.337 e. The van der Waals surface area contributed by atoms with E-state index in [-0.39, 0.29) is 0 Å². The van der Waals surface area contributed by atoms with Crippen LogP contribution in [0.1, 0.15) is 25.6 Å². The lowest BCUT2D eigenvalue weighted by Gasteiger charge is -1.95. The van der Waals surface area contributed by atoms with E-state index in [1.165, 1.54) is 0 Å². The average molecular weight is 189 g/mol. The van der Waals surface area contributed by atoms with Gasteiger partial charge in [-0.1, -0.05) is 13.8 Å². The molecule has 3 heteroatoms. The van der Waals surface area contributed by atoms with E-state index in [0.717, 1.165) is 10.4 Å². The zero-order chi connectivity index (χ0) is 6.85. The zero-order valence-corrected chi connectivity index (χ0v) is 7.07. The Kier molecular flexibility index (Phi) is 1.90. The van der Waals surface area contributed by atoms with Crippen molar-refractivity contribution in [1.82, 2.24) is 9.97 Å². The molecule has 0 fully saturated rings. The molecule has 0 amide bonds. The molecule has 1 aromatic heterocycles. The molecule has 0 aliphatic heterocycles. The van der Waals surface area contributed by atoms with Gasteiger partial charge in [-0.05, 0) is 15.9 Å². The van der Waals surface area contributed by atoms with Crippen LogP contribution in [0.3, 0.4) is 0 Å². The Morgan fingerprint density at radius 1 is 1.67 bits per heavy atom. The summed E-state index contributed by atoms with van der Waals surface area (Å²) in [5.41, 5.74) is 0. The van der Waals surface area contributed by atoms with Crippen LogP contribution in [0.4, 0.5) is 0 Å². The number of imidazole rings is 1. The standard InChI is InChI=1S/C6H9BrN2/c1-4(2)6-8-3-5(7)9-6/h3-4H,1-2H3,(H,8,9). The van der Waals surface area contributed by atoms with Crippen LogP contribution in [0, 0.1) is 0 Å². The molecule has 0 radical (unpaired) electrons. The monoisotopic (exact) mass is 188 g/mol. The van der Waals surface area contributed by atoms with Crippen LogP contribution in [-0.4, -0.2) is 9.97 Å². The molecular weight excluding hydrogens is 180 g/mol. The van der Waals surface area contributed by atoms with E-state index in [9.17, 15) is 0 Å². The van der Waals surface area contributed by atoms with Crippen LogP contribution >= 0.6 is 15.9 Å². The number of halogens is 1. The topological polar surface area (TPSA) is 28.7 Å². The first-order valence-electron chi connectivity index (χ1n) is 2.90. The Morgan fingerprint density at radius 2 is 2.33 bits per heavy atom. The van der Waals surface area contributed by atoms with Gasteiger partial charge >= 0.3 is 0 Å². The number of aromatic amines is 1. The van der Waals surface area contributed by atoms with Crippen molar-refractivity contribution in [2.45, 2.75) is 19.8 Å². The van der Waals surface area contributed by atoms with E-state index in [4.69, 9.17) is 0 Å². The van der Waals surface area contributed by atoms with E-state index in [1.54, 1.807) is 6.20 Å². The zero-order valence-electron chi connectivity index (χ0n) is 5.48. The Hall–Kier alpha value is -0.310. The minimum atomic E-state index is 0.483. The fraction of sp³-hybridized carbons (Fsp3) is 0.500. The summed E-state index contributed by atoms with van der Waals surface area (Å²) in [6.07, 6.45) is 1.77. The Balaban J connectivity index is 2.85. The maximum absolute atomic E-state index is 4.11. The van der Waals surface area contributed by atoms with Gasteiger partial charge in [-0.2, -0.15) is 0 Å². The second-order valence-electron chi connectivity index (χ2n) is 2.27. The van der Waals surface area contributed by atoms with Crippen molar-refractivity contribution in [3.05, 3.63) is 16.6 Å². The van der Waals surface area contributed by atoms with E-state index in [0.29, 0.717) is 5.92 Å². The van der Waals surface area contributed by atoms with Crippen LogP contribution in [0.25, 0.3) is 0 Å². The lowest BCUT2D eigenvalue weighted by atomic mass is 10.2. The predicted molar refractivity (Wildman–Crippen MR) is 40.4 cm³/mol. The summed E-state index contributed by atoms with van der Waals surface area (Å²) in [5, 5.41) is 0. The number of H-pyrrole nitrogens is 1. The van der Waals surface area contributed by atoms with E-state index in [1.807, 2.05) is 0 Å². The van der Waals surface area contributed by atoms with Gasteiger partial charge in [0.25, 0.3) is 0 Å². The molecule has 9 heavy (non-hydrogen) atoms. The Labute approximate surface area is 62.8 Å². The highest BCUT2D eigenvalue weighted by atomic mass is 79.9. The molecule has 1 rings (SSSR count). The number of hydrogen-bond acceptors (Lipinski definition) is 1. The first-order valence-corrected chi connectivity index (χ1v) is 3.70. The number of aromatic nitrogens is 2. The van der Waals surface area contributed by atoms with Crippen molar-refractivity contribution in [3.8, 4) is 0 Å². The SMILES string of the molecule is CC(C)c1ncc(Br)[nH]1. The third-order valence-electron chi connectivity index (χ3n) is 1.11. The summed E-state index contributed by atoms with van der Waals surface area (Å²) in [4.78, 5) is 7.19. The van der Waals surface area contributed by atoms with Crippen molar-refractivity contribution in [2.24, 2.45) is 0 Å². The molecule has 0 atom stereocenters. The fourth-order valence-electron chi connectivity index (χ4n) is 0.607.